The lowest BCUT2D eigenvalue weighted by Gasteiger charge is -2.33. The molecule has 0 saturated heterocycles. The number of aryl methyl sites for hydroxylation is 2. The zero-order chi connectivity index (χ0) is 19.0. The average molecular weight is 361 g/mol. The molecule has 3 aromatic rings. The number of para-hydroxylation sites is 1. The molecule has 1 aromatic heterocycles. The van der Waals surface area contributed by atoms with Crippen molar-refractivity contribution in [2.24, 2.45) is 0 Å². The fourth-order valence-corrected chi connectivity index (χ4v) is 4.01. The molecule has 0 radical (unpaired) electrons. The lowest BCUT2D eigenvalue weighted by molar-refractivity contribution is -0.133. The highest BCUT2D eigenvalue weighted by atomic mass is 16.2. The minimum Gasteiger partial charge on any atom is -0.337 e. The van der Waals surface area contributed by atoms with E-state index in [0.29, 0.717) is 10.9 Å². The molecule has 5 heteroatoms. The molecular formula is C22H23N3O2. The van der Waals surface area contributed by atoms with Crippen molar-refractivity contribution in [1.82, 2.24) is 14.5 Å². The topological polar surface area (TPSA) is 55.2 Å². The predicted octanol–water partition coefficient (Wildman–Crippen LogP) is 3.24. The molecule has 1 aliphatic rings. The molecule has 1 heterocycles. The number of rotatable bonds is 3. The number of likely N-dealkylation sites (N-methyl/N-ethyl adjacent to an activating group) is 1. The van der Waals surface area contributed by atoms with Gasteiger partial charge in [0.1, 0.15) is 6.54 Å². The molecule has 1 amide bonds. The van der Waals surface area contributed by atoms with Crippen LogP contribution in [0.5, 0.6) is 0 Å². The van der Waals surface area contributed by atoms with Crippen LogP contribution in [0.2, 0.25) is 0 Å². The van der Waals surface area contributed by atoms with Crippen LogP contribution in [0.15, 0.2) is 53.6 Å². The third kappa shape index (κ3) is 3.14. The highest BCUT2D eigenvalue weighted by Gasteiger charge is 2.26. The Morgan fingerprint density at radius 2 is 2.04 bits per heavy atom. The maximum absolute atomic E-state index is 12.9. The Morgan fingerprint density at radius 3 is 2.89 bits per heavy atom. The molecule has 0 fully saturated rings. The third-order valence-electron chi connectivity index (χ3n) is 5.56. The van der Waals surface area contributed by atoms with E-state index in [-0.39, 0.29) is 24.1 Å². The molecule has 5 nitrogen and oxygen atoms in total. The van der Waals surface area contributed by atoms with Gasteiger partial charge in [0.25, 0.3) is 5.56 Å². The van der Waals surface area contributed by atoms with Crippen LogP contribution in [0.25, 0.3) is 10.9 Å². The van der Waals surface area contributed by atoms with Crippen LogP contribution in [-0.2, 0) is 17.8 Å². The van der Waals surface area contributed by atoms with Crippen molar-refractivity contribution in [3.05, 3.63) is 75.8 Å². The van der Waals surface area contributed by atoms with Crippen LogP contribution in [-0.4, -0.2) is 27.4 Å². The van der Waals surface area contributed by atoms with Gasteiger partial charge in [-0.25, -0.2) is 4.98 Å². The minimum atomic E-state index is -0.172. The molecule has 0 aliphatic heterocycles. The van der Waals surface area contributed by atoms with E-state index in [2.05, 4.69) is 17.1 Å². The summed E-state index contributed by atoms with van der Waals surface area (Å²) in [6.07, 6.45) is 4.56. The molecule has 4 rings (SSSR count). The standard InChI is InChI=1S/C22H23N3O2/c1-15-7-5-11-18-21(15)23-14-25(22(18)27)13-20(26)24(2)19-12-6-9-16-8-3-4-10-17(16)19/h3-5,7-8,10-11,14,19H,6,9,12-13H2,1-2H3/t19-/m1/s1. The van der Waals surface area contributed by atoms with E-state index in [1.54, 1.807) is 11.0 Å². The van der Waals surface area contributed by atoms with Gasteiger partial charge in [0.05, 0.1) is 23.3 Å². The van der Waals surface area contributed by atoms with Crippen molar-refractivity contribution in [3.8, 4) is 0 Å². The number of carbonyl (C=O) groups excluding carboxylic acids is 1. The van der Waals surface area contributed by atoms with Crippen molar-refractivity contribution in [2.45, 2.75) is 38.8 Å². The van der Waals surface area contributed by atoms with E-state index in [9.17, 15) is 9.59 Å². The maximum atomic E-state index is 12.9. The second-order valence-electron chi connectivity index (χ2n) is 7.26. The van der Waals surface area contributed by atoms with Crippen LogP contribution < -0.4 is 5.56 Å². The highest BCUT2D eigenvalue weighted by molar-refractivity contribution is 5.81. The smallest absolute Gasteiger partial charge is 0.261 e. The van der Waals surface area contributed by atoms with Crippen molar-refractivity contribution in [3.63, 3.8) is 0 Å². The van der Waals surface area contributed by atoms with Crippen LogP contribution in [0, 0.1) is 6.92 Å². The van der Waals surface area contributed by atoms with Gasteiger partial charge in [-0.2, -0.15) is 0 Å². The molecule has 138 valence electrons. The summed E-state index contributed by atoms with van der Waals surface area (Å²) in [4.78, 5) is 31.9. The maximum Gasteiger partial charge on any atom is 0.261 e. The molecule has 1 aliphatic carbocycles. The van der Waals surface area contributed by atoms with Gasteiger partial charge >= 0.3 is 0 Å². The fourth-order valence-electron chi connectivity index (χ4n) is 4.01. The number of fused-ring (bicyclic) bond motifs is 2. The Hall–Kier alpha value is -2.95. The molecule has 0 N–H and O–H groups in total. The average Bonchev–Trinajstić information content (AvgIpc) is 2.69. The quantitative estimate of drug-likeness (QED) is 0.720. The number of carbonyl (C=O) groups is 1. The lowest BCUT2D eigenvalue weighted by atomic mass is 9.87. The van der Waals surface area contributed by atoms with Gasteiger partial charge in [-0.1, -0.05) is 36.4 Å². The predicted molar refractivity (Wildman–Crippen MR) is 106 cm³/mol. The van der Waals surface area contributed by atoms with E-state index in [0.717, 1.165) is 24.8 Å². The first-order chi connectivity index (χ1) is 13.1. The van der Waals surface area contributed by atoms with Gasteiger partial charge in [0.15, 0.2) is 0 Å². The first kappa shape index (κ1) is 17.5. The highest BCUT2D eigenvalue weighted by Crippen LogP contribution is 2.33. The summed E-state index contributed by atoms with van der Waals surface area (Å²) in [5, 5.41) is 0.552. The van der Waals surface area contributed by atoms with Crippen molar-refractivity contribution in [1.29, 1.82) is 0 Å². The SMILES string of the molecule is Cc1cccc2c(=O)n(CC(=O)N(C)[C@@H]3CCCc4ccccc43)cnc12. The van der Waals surface area contributed by atoms with Crippen molar-refractivity contribution < 1.29 is 4.79 Å². The van der Waals surface area contributed by atoms with E-state index in [1.165, 1.54) is 22.0 Å². The van der Waals surface area contributed by atoms with Crippen molar-refractivity contribution >= 4 is 16.8 Å². The molecule has 0 unspecified atom stereocenters. The van der Waals surface area contributed by atoms with Gasteiger partial charge in [-0.05, 0) is 48.9 Å². The molecule has 1 atom stereocenters. The first-order valence-corrected chi connectivity index (χ1v) is 9.34. The summed E-state index contributed by atoms with van der Waals surface area (Å²) in [6, 6.07) is 13.9. The van der Waals surface area contributed by atoms with Gasteiger partial charge in [0.2, 0.25) is 5.91 Å². The second-order valence-corrected chi connectivity index (χ2v) is 7.26. The third-order valence-corrected chi connectivity index (χ3v) is 5.56. The van der Waals surface area contributed by atoms with E-state index >= 15 is 0 Å². The number of amides is 1. The summed E-state index contributed by atoms with van der Waals surface area (Å²) >= 11 is 0. The zero-order valence-corrected chi connectivity index (χ0v) is 15.7. The summed E-state index contributed by atoms with van der Waals surface area (Å²) in [5.41, 5.74) is 4.02. The number of hydrogen-bond acceptors (Lipinski definition) is 3. The van der Waals surface area contributed by atoms with Gasteiger partial charge in [-0.3, -0.25) is 14.2 Å². The normalized spacial score (nSPS) is 16.1. The van der Waals surface area contributed by atoms with Gasteiger partial charge < -0.3 is 4.90 Å². The summed E-state index contributed by atoms with van der Waals surface area (Å²) in [6.45, 7) is 1.93. The van der Waals surface area contributed by atoms with Crippen molar-refractivity contribution in [2.75, 3.05) is 7.05 Å². The van der Waals surface area contributed by atoms with Gasteiger partial charge in [-0.15, -0.1) is 0 Å². The monoisotopic (exact) mass is 361 g/mol. The summed E-state index contributed by atoms with van der Waals surface area (Å²) in [5.74, 6) is -0.0763. The second kappa shape index (κ2) is 6.99. The first-order valence-electron chi connectivity index (χ1n) is 9.34. The molecule has 0 spiro atoms. The van der Waals surface area contributed by atoms with E-state index in [4.69, 9.17) is 0 Å². The zero-order valence-electron chi connectivity index (χ0n) is 15.7. The Morgan fingerprint density at radius 1 is 1.22 bits per heavy atom. The Kier molecular flexibility index (Phi) is 4.52. The Labute approximate surface area is 158 Å². The number of benzene rings is 2. The van der Waals surface area contributed by atoms with E-state index < -0.39 is 0 Å². The summed E-state index contributed by atoms with van der Waals surface area (Å²) < 4.78 is 1.41. The molecule has 2 aromatic carbocycles. The lowest BCUT2D eigenvalue weighted by Crippen LogP contribution is -2.37. The number of hydrogen-bond donors (Lipinski definition) is 0. The van der Waals surface area contributed by atoms with Crippen LogP contribution in [0.1, 0.15) is 35.6 Å². The molecule has 0 bridgehead atoms. The summed E-state index contributed by atoms with van der Waals surface area (Å²) in [7, 11) is 1.83. The fraction of sp³-hybridized carbons (Fsp3) is 0.318. The largest absolute Gasteiger partial charge is 0.337 e. The Balaban J connectivity index is 1.61. The van der Waals surface area contributed by atoms with Crippen LogP contribution in [0.3, 0.4) is 0 Å². The molecular weight excluding hydrogens is 338 g/mol. The van der Waals surface area contributed by atoms with Crippen LogP contribution >= 0.6 is 0 Å². The minimum absolute atomic E-state index is 0.00484. The molecule has 0 saturated carbocycles. The Bertz CT molecular complexity index is 1070. The van der Waals surface area contributed by atoms with E-state index in [1.807, 2.05) is 38.2 Å². The number of aromatic nitrogens is 2. The molecule has 27 heavy (non-hydrogen) atoms. The van der Waals surface area contributed by atoms with Gasteiger partial charge in [0, 0.05) is 7.05 Å². The van der Waals surface area contributed by atoms with Crippen LogP contribution in [0.4, 0.5) is 0 Å². The number of nitrogens with zero attached hydrogens (tertiary/aromatic N) is 3.